The third kappa shape index (κ3) is 4.02. The fraction of sp³-hybridized carbons (Fsp3) is 0.350. The van der Waals surface area contributed by atoms with E-state index < -0.39 is 0 Å². The van der Waals surface area contributed by atoms with Crippen LogP contribution < -0.4 is 10.2 Å². The zero-order valence-electron chi connectivity index (χ0n) is 16.2. The Balaban J connectivity index is 2.01. The van der Waals surface area contributed by atoms with E-state index in [-0.39, 0.29) is 11.7 Å². The highest BCUT2D eigenvalue weighted by Crippen LogP contribution is 2.26. The molecule has 3 rings (SSSR count). The Morgan fingerprint density at radius 1 is 1.15 bits per heavy atom. The minimum Gasteiger partial charge on any atom is -0.356 e. The molecule has 0 atom stereocenters. The summed E-state index contributed by atoms with van der Waals surface area (Å²) < 4.78 is 0. The summed E-state index contributed by atoms with van der Waals surface area (Å²) >= 11 is 0. The highest BCUT2D eigenvalue weighted by molar-refractivity contribution is 5.96. The van der Waals surface area contributed by atoms with Gasteiger partial charge >= 0.3 is 0 Å². The predicted octanol–water partition coefficient (Wildman–Crippen LogP) is 2.81. The molecule has 1 amide bonds. The first-order valence-corrected chi connectivity index (χ1v) is 9.11. The Hall–Kier alpha value is -3.09. The number of nitrogens with one attached hydrogen (secondary N) is 1. The van der Waals surface area contributed by atoms with Gasteiger partial charge in [0.1, 0.15) is 5.82 Å². The monoisotopic (exact) mass is 364 g/mol. The molecule has 0 spiro atoms. The first kappa shape index (κ1) is 18.7. The highest BCUT2D eigenvalue weighted by atomic mass is 16.2. The fourth-order valence-corrected chi connectivity index (χ4v) is 3.07. The SMILES string of the molecule is CCN(CC)c1nc(C(=O)NCc2cccnc2)nc2nc(C)cc(C)c12. The first-order chi connectivity index (χ1) is 13.0. The lowest BCUT2D eigenvalue weighted by atomic mass is 10.1. The van der Waals surface area contributed by atoms with Crippen LogP contribution in [-0.2, 0) is 6.54 Å². The fourth-order valence-electron chi connectivity index (χ4n) is 3.07. The van der Waals surface area contributed by atoms with E-state index in [1.807, 2.05) is 32.0 Å². The second kappa shape index (κ2) is 8.07. The molecule has 0 aromatic carbocycles. The lowest BCUT2D eigenvalue weighted by Gasteiger charge is -2.22. The van der Waals surface area contributed by atoms with Gasteiger partial charge in [0.05, 0.1) is 5.39 Å². The maximum atomic E-state index is 12.7. The molecule has 0 saturated heterocycles. The average molecular weight is 364 g/mol. The highest BCUT2D eigenvalue weighted by Gasteiger charge is 2.19. The van der Waals surface area contributed by atoms with E-state index >= 15 is 0 Å². The van der Waals surface area contributed by atoms with E-state index in [1.54, 1.807) is 12.4 Å². The summed E-state index contributed by atoms with van der Waals surface area (Å²) in [5, 5.41) is 3.76. The van der Waals surface area contributed by atoms with Gasteiger partial charge in [0.15, 0.2) is 5.65 Å². The van der Waals surface area contributed by atoms with Crippen molar-refractivity contribution in [3.8, 4) is 0 Å². The molecule has 1 N–H and O–H groups in total. The van der Waals surface area contributed by atoms with Crippen LogP contribution in [0.4, 0.5) is 5.82 Å². The van der Waals surface area contributed by atoms with Crippen molar-refractivity contribution in [1.82, 2.24) is 25.3 Å². The lowest BCUT2D eigenvalue weighted by Crippen LogP contribution is -2.28. The molecule has 7 nitrogen and oxygen atoms in total. The van der Waals surface area contributed by atoms with Crippen molar-refractivity contribution in [2.45, 2.75) is 34.2 Å². The van der Waals surface area contributed by atoms with Crippen molar-refractivity contribution in [1.29, 1.82) is 0 Å². The molecular formula is C20H24N6O. The maximum Gasteiger partial charge on any atom is 0.289 e. The summed E-state index contributed by atoms with van der Waals surface area (Å²) in [5.41, 5.74) is 3.39. The number of aromatic nitrogens is 4. The largest absolute Gasteiger partial charge is 0.356 e. The van der Waals surface area contributed by atoms with Crippen LogP contribution >= 0.6 is 0 Å². The number of anilines is 1. The smallest absolute Gasteiger partial charge is 0.289 e. The van der Waals surface area contributed by atoms with E-state index in [4.69, 9.17) is 0 Å². The standard InChI is InChI=1S/C20H24N6O/c1-5-26(6-2)19-16-13(3)10-14(4)23-17(16)24-18(25-19)20(27)22-12-15-8-7-9-21-11-15/h7-11H,5-6,12H2,1-4H3,(H,22,27). The molecule has 0 saturated carbocycles. The number of amides is 1. The Morgan fingerprint density at radius 2 is 1.93 bits per heavy atom. The van der Waals surface area contributed by atoms with Crippen LogP contribution in [0.5, 0.6) is 0 Å². The van der Waals surface area contributed by atoms with Gasteiger partial charge in [-0.05, 0) is 51.0 Å². The Labute approximate surface area is 158 Å². The normalized spacial score (nSPS) is 10.8. The van der Waals surface area contributed by atoms with Crippen molar-refractivity contribution >= 4 is 22.8 Å². The summed E-state index contributed by atoms with van der Waals surface area (Å²) in [6.45, 7) is 10.0. The van der Waals surface area contributed by atoms with Crippen LogP contribution in [-0.4, -0.2) is 38.9 Å². The summed E-state index contributed by atoms with van der Waals surface area (Å²) in [6.07, 6.45) is 3.42. The van der Waals surface area contributed by atoms with Gasteiger partial charge in [0.2, 0.25) is 5.82 Å². The van der Waals surface area contributed by atoms with Crippen LogP contribution in [0.3, 0.4) is 0 Å². The van der Waals surface area contributed by atoms with Crippen LogP contribution in [0, 0.1) is 13.8 Å². The lowest BCUT2D eigenvalue weighted by molar-refractivity contribution is 0.0941. The molecule has 0 fully saturated rings. The summed E-state index contributed by atoms with van der Waals surface area (Å²) in [7, 11) is 0. The van der Waals surface area contributed by atoms with Crippen LogP contribution in [0.15, 0.2) is 30.6 Å². The zero-order chi connectivity index (χ0) is 19.4. The molecule has 3 heterocycles. The van der Waals surface area contributed by atoms with E-state index in [2.05, 4.69) is 44.0 Å². The predicted molar refractivity (Wildman–Crippen MR) is 106 cm³/mol. The number of nitrogens with zero attached hydrogens (tertiary/aromatic N) is 5. The van der Waals surface area contributed by atoms with Crippen molar-refractivity contribution in [2.24, 2.45) is 0 Å². The van der Waals surface area contributed by atoms with Crippen molar-refractivity contribution < 1.29 is 4.79 Å². The van der Waals surface area contributed by atoms with Crippen molar-refractivity contribution in [3.05, 3.63) is 53.2 Å². The second-order valence-corrected chi connectivity index (χ2v) is 6.37. The molecule has 3 aromatic heterocycles. The van der Waals surface area contributed by atoms with Gasteiger partial charge in [0, 0.05) is 37.7 Å². The minimum absolute atomic E-state index is 0.130. The van der Waals surface area contributed by atoms with E-state index in [1.165, 1.54) is 0 Å². The second-order valence-electron chi connectivity index (χ2n) is 6.37. The van der Waals surface area contributed by atoms with E-state index in [0.29, 0.717) is 12.2 Å². The van der Waals surface area contributed by atoms with Gasteiger partial charge in [-0.1, -0.05) is 6.07 Å². The number of pyridine rings is 2. The summed E-state index contributed by atoms with van der Waals surface area (Å²) in [6, 6.07) is 5.76. The Morgan fingerprint density at radius 3 is 2.59 bits per heavy atom. The number of fused-ring (bicyclic) bond motifs is 1. The third-order valence-electron chi connectivity index (χ3n) is 4.41. The molecule has 7 heteroatoms. The van der Waals surface area contributed by atoms with E-state index in [0.717, 1.165) is 41.1 Å². The average Bonchev–Trinajstić information content (AvgIpc) is 2.67. The van der Waals surface area contributed by atoms with E-state index in [9.17, 15) is 4.79 Å². The number of carbonyl (C=O) groups is 1. The van der Waals surface area contributed by atoms with Gasteiger partial charge in [-0.2, -0.15) is 0 Å². The number of hydrogen-bond donors (Lipinski definition) is 1. The Kier molecular flexibility index (Phi) is 5.59. The molecule has 3 aromatic rings. The van der Waals surface area contributed by atoms with Gasteiger partial charge < -0.3 is 10.2 Å². The third-order valence-corrected chi connectivity index (χ3v) is 4.41. The molecule has 0 aliphatic rings. The number of aryl methyl sites for hydroxylation is 2. The van der Waals surface area contributed by atoms with Gasteiger partial charge in [-0.25, -0.2) is 15.0 Å². The van der Waals surface area contributed by atoms with Crippen LogP contribution in [0.2, 0.25) is 0 Å². The molecule has 0 aliphatic carbocycles. The molecule has 0 bridgehead atoms. The molecule has 140 valence electrons. The molecule has 0 aliphatic heterocycles. The van der Waals surface area contributed by atoms with Crippen LogP contribution in [0.1, 0.15) is 41.3 Å². The molecular weight excluding hydrogens is 340 g/mol. The maximum absolute atomic E-state index is 12.7. The topological polar surface area (TPSA) is 83.9 Å². The quantitative estimate of drug-likeness (QED) is 0.724. The summed E-state index contributed by atoms with van der Waals surface area (Å²) in [4.78, 5) is 32.4. The van der Waals surface area contributed by atoms with Crippen molar-refractivity contribution in [2.75, 3.05) is 18.0 Å². The molecule has 27 heavy (non-hydrogen) atoms. The zero-order valence-corrected chi connectivity index (χ0v) is 16.2. The number of hydrogen-bond acceptors (Lipinski definition) is 6. The van der Waals surface area contributed by atoms with Gasteiger partial charge in [-0.3, -0.25) is 9.78 Å². The van der Waals surface area contributed by atoms with Crippen molar-refractivity contribution in [3.63, 3.8) is 0 Å². The number of rotatable bonds is 6. The minimum atomic E-state index is -0.324. The first-order valence-electron chi connectivity index (χ1n) is 9.11. The number of carbonyl (C=O) groups excluding carboxylic acids is 1. The summed E-state index contributed by atoms with van der Waals surface area (Å²) in [5.74, 6) is 0.558. The molecule has 0 unspecified atom stereocenters. The van der Waals surface area contributed by atoms with Gasteiger partial charge in [-0.15, -0.1) is 0 Å². The van der Waals surface area contributed by atoms with Crippen LogP contribution in [0.25, 0.3) is 11.0 Å². The molecule has 0 radical (unpaired) electrons. The Bertz CT molecular complexity index is 954. The van der Waals surface area contributed by atoms with Gasteiger partial charge in [0.25, 0.3) is 5.91 Å².